The third-order valence-electron chi connectivity index (χ3n) is 6.42. The average molecular weight is 360 g/mol. The normalized spacial score (nSPS) is 29.0. The molecule has 1 aliphatic heterocycles. The van der Waals surface area contributed by atoms with Crippen LogP contribution in [0.5, 0.6) is 0 Å². The van der Waals surface area contributed by atoms with E-state index in [0.29, 0.717) is 43.6 Å². The quantitative estimate of drug-likeness (QED) is 0.882. The molecule has 3 fully saturated rings. The van der Waals surface area contributed by atoms with E-state index in [-0.39, 0.29) is 17.9 Å². The summed E-state index contributed by atoms with van der Waals surface area (Å²) in [4.78, 5) is 27.0. The fourth-order valence-electron chi connectivity index (χ4n) is 5.01. The number of hydrogen-bond donors (Lipinski definition) is 1. The Bertz CT molecular complexity index is 695. The van der Waals surface area contributed by atoms with Crippen molar-refractivity contribution in [3.05, 3.63) is 17.5 Å². The van der Waals surface area contributed by atoms with E-state index in [0.717, 1.165) is 11.8 Å². The Morgan fingerprint density at radius 1 is 1.27 bits per heavy atom. The predicted octanol–water partition coefficient (Wildman–Crippen LogP) is 1.45. The highest BCUT2D eigenvalue weighted by Crippen LogP contribution is 2.49. The van der Waals surface area contributed by atoms with Gasteiger partial charge in [-0.15, -0.1) is 0 Å². The largest absolute Gasteiger partial charge is 0.378 e. The van der Waals surface area contributed by atoms with Gasteiger partial charge >= 0.3 is 0 Å². The molecule has 7 nitrogen and oxygen atoms in total. The average Bonchev–Trinajstić information content (AvgIpc) is 3.37. The monoisotopic (exact) mass is 360 g/mol. The summed E-state index contributed by atoms with van der Waals surface area (Å²) in [6.07, 6.45) is 5.23. The lowest BCUT2D eigenvalue weighted by Gasteiger charge is -2.28. The summed E-state index contributed by atoms with van der Waals surface area (Å²) in [7, 11) is 1.72. The highest BCUT2D eigenvalue weighted by molar-refractivity contribution is 5.98. The second-order valence-corrected chi connectivity index (χ2v) is 8.04. The van der Waals surface area contributed by atoms with Crippen molar-refractivity contribution in [2.45, 2.75) is 38.6 Å². The number of nitrogens with zero attached hydrogens (tertiary/aromatic N) is 3. The first-order chi connectivity index (χ1) is 12.5. The van der Waals surface area contributed by atoms with Crippen LogP contribution in [0, 0.1) is 17.8 Å². The number of morpholine rings is 1. The maximum absolute atomic E-state index is 12.7. The van der Waals surface area contributed by atoms with Crippen LogP contribution in [0.1, 0.15) is 53.6 Å². The summed E-state index contributed by atoms with van der Waals surface area (Å²) >= 11 is 0. The van der Waals surface area contributed by atoms with Gasteiger partial charge < -0.3 is 15.0 Å². The molecule has 2 amide bonds. The lowest BCUT2D eigenvalue weighted by molar-refractivity contribution is 0.0298. The highest BCUT2D eigenvalue weighted by atomic mass is 16.5. The van der Waals surface area contributed by atoms with Crippen LogP contribution >= 0.6 is 0 Å². The Morgan fingerprint density at radius 2 is 2.04 bits per heavy atom. The molecule has 0 unspecified atom stereocenters. The zero-order valence-electron chi connectivity index (χ0n) is 15.6. The van der Waals surface area contributed by atoms with Crippen molar-refractivity contribution in [1.82, 2.24) is 20.0 Å². The van der Waals surface area contributed by atoms with Gasteiger partial charge in [-0.1, -0.05) is 6.42 Å². The first-order valence-corrected chi connectivity index (χ1v) is 9.75. The molecule has 1 saturated heterocycles. The van der Waals surface area contributed by atoms with Crippen molar-refractivity contribution in [3.63, 3.8) is 0 Å². The van der Waals surface area contributed by atoms with Crippen molar-refractivity contribution in [1.29, 1.82) is 0 Å². The van der Waals surface area contributed by atoms with Gasteiger partial charge in [-0.05, 0) is 43.9 Å². The fraction of sp³-hybridized carbons (Fsp3) is 0.737. The van der Waals surface area contributed by atoms with E-state index in [1.54, 1.807) is 18.0 Å². The molecule has 7 heteroatoms. The molecule has 0 aromatic carbocycles. The number of carbonyl (C=O) groups excluding carboxylic acids is 2. The topological polar surface area (TPSA) is 76.5 Å². The zero-order valence-corrected chi connectivity index (χ0v) is 15.6. The summed E-state index contributed by atoms with van der Waals surface area (Å²) in [6.45, 7) is 4.34. The second kappa shape index (κ2) is 7.02. The number of rotatable bonds is 4. The summed E-state index contributed by atoms with van der Waals surface area (Å²) in [6, 6.07) is 1.77. The Morgan fingerprint density at radius 3 is 2.69 bits per heavy atom. The molecule has 0 spiro atoms. The van der Waals surface area contributed by atoms with E-state index < -0.39 is 0 Å². The van der Waals surface area contributed by atoms with Gasteiger partial charge in [-0.2, -0.15) is 5.10 Å². The van der Waals surface area contributed by atoms with Crippen molar-refractivity contribution in [2.75, 3.05) is 26.3 Å². The molecule has 142 valence electrons. The van der Waals surface area contributed by atoms with Crippen molar-refractivity contribution < 1.29 is 14.3 Å². The molecule has 3 aliphatic rings. The van der Waals surface area contributed by atoms with Crippen LogP contribution in [0.3, 0.4) is 0 Å². The number of hydrogen-bond acceptors (Lipinski definition) is 4. The van der Waals surface area contributed by atoms with Crippen LogP contribution in [0.15, 0.2) is 6.07 Å². The standard InChI is InChI=1S/C19H28N4O3/c1-12(15-10-13-3-4-14(15)9-13)20-18(24)17-11-16(21-22(17)2)19(25)23-5-7-26-8-6-23/h11-15H,3-10H2,1-2H3,(H,20,24)/t12-,13-,14-,15+/m0/s1. The molecule has 1 aromatic rings. The van der Waals surface area contributed by atoms with Crippen LogP contribution in [-0.2, 0) is 11.8 Å². The summed E-state index contributed by atoms with van der Waals surface area (Å²) in [5, 5.41) is 7.42. The highest BCUT2D eigenvalue weighted by Gasteiger charge is 2.42. The molecule has 4 atom stereocenters. The van der Waals surface area contributed by atoms with Gasteiger partial charge in [0.1, 0.15) is 5.69 Å². The first-order valence-electron chi connectivity index (χ1n) is 9.75. The molecule has 2 bridgehead atoms. The van der Waals surface area contributed by atoms with Crippen molar-refractivity contribution in [3.8, 4) is 0 Å². The van der Waals surface area contributed by atoms with Crippen LogP contribution in [0.25, 0.3) is 0 Å². The van der Waals surface area contributed by atoms with Crippen molar-refractivity contribution >= 4 is 11.8 Å². The maximum Gasteiger partial charge on any atom is 0.274 e. The third-order valence-corrected chi connectivity index (χ3v) is 6.42. The molecular weight excluding hydrogens is 332 g/mol. The number of fused-ring (bicyclic) bond motifs is 2. The van der Waals surface area contributed by atoms with E-state index in [1.807, 2.05) is 0 Å². The predicted molar refractivity (Wildman–Crippen MR) is 95.8 cm³/mol. The first kappa shape index (κ1) is 17.5. The number of aromatic nitrogens is 2. The van der Waals surface area contributed by atoms with Crippen LogP contribution in [0.4, 0.5) is 0 Å². The van der Waals surface area contributed by atoms with Gasteiger partial charge in [-0.25, -0.2) is 0 Å². The third kappa shape index (κ3) is 3.24. The van der Waals surface area contributed by atoms with Gasteiger partial charge in [-0.3, -0.25) is 14.3 Å². The smallest absolute Gasteiger partial charge is 0.274 e. The Kier molecular flexibility index (Phi) is 4.73. The van der Waals surface area contributed by atoms with E-state index in [2.05, 4.69) is 17.3 Å². The molecule has 26 heavy (non-hydrogen) atoms. The lowest BCUT2D eigenvalue weighted by Crippen LogP contribution is -2.41. The van der Waals surface area contributed by atoms with Crippen LogP contribution in [0.2, 0.25) is 0 Å². The summed E-state index contributed by atoms with van der Waals surface area (Å²) in [5.74, 6) is 1.93. The van der Waals surface area contributed by atoms with Gasteiger partial charge in [0.05, 0.1) is 13.2 Å². The van der Waals surface area contributed by atoms with E-state index in [4.69, 9.17) is 4.74 Å². The Labute approximate surface area is 154 Å². The minimum absolute atomic E-state index is 0.135. The minimum Gasteiger partial charge on any atom is -0.378 e. The van der Waals surface area contributed by atoms with E-state index >= 15 is 0 Å². The molecule has 2 heterocycles. The molecule has 2 aliphatic carbocycles. The van der Waals surface area contributed by atoms with E-state index in [1.165, 1.54) is 30.4 Å². The van der Waals surface area contributed by atoms with Gasteiger partial charge in [0.2, 0.25) is 0 Å². The molecule has 4 rings (SSSR count). The molecule has 2 saturated carbocycles. The maximum atomic E-state index is 12.7. The minimum atomic E-state index is -0.142. The number of nitrogens with one attached hydrogen (secondary N) is 1. The number of amides is 2. The number of carbonyl (C=O) groups is 2. The second-order valence-electron chi connectivity index (χ2n) is 8.04. The summed E-state index contributed by atoms with van der Waals surface area (Å²) in [5.41, 5.74) is 0.767. The molecule has 1 aromatic heterocycles. The number of aryl methyl sites for hydroxylation is 1. The van der Waals surface area contributed by atoms with Gasteiger partial charge in [0, 0.05) is 32.2 Å². The van der Waals surface area contributed by atoms with E-state index in [9.17, 15) is 9.59 Å². The lowest BCUT2D eigenvalue weighted by atomic mass is 9.84. The van der Waals surface area contributed by atoms with Crippen LogP contribution < -0.4 is 5.32 Å². The Balaban J connectivity index is 1.41. The fourth-order valence-corrected chi connectivity index (χ4v) is 5.01. The zero-order chi connectivity index (χ0) is 18.3. The Hall–Kier alpha value is -1.89. The molecule has 0 radical (unpaired) electrons. The molecule has 1 N–H and O–H groups in total. The van der Waals surface area contributed by atoms with Gasteiger partial charge in [0.25, 0.3) is 11.8 Å². The number of ether oxygens (including phenoxy) is 1. The SMILES string of the molecule is C[C@H](NC(=O)c1cc(C(=O)N2CCOCC2)nn1C)[C@H]1C[C@H]2CC[C@H]1C2. The van der Waals surface area contributed by atoms with Crippen molar-refractivity contribution in [2.24, 2.45) is 24.8 Å². The van der Waals surface area contributed by atoms with Crippen LogP contribution in [-0.4, -0.2) is 58.8 Å². The molecular formula is C19H28N4O3. The van der Waals surface area contributed by atoms with Gasteiger partial charge in [0.15, 0.2) is 5.69 Å². The summed E-state index contributed by atoms with van der Waals surface area (Å²) < 4.78 is 6.79.